The van der Waals surface area contributed by atoms with Crippen molar-refractivity contribution in [2.75, 3.05) is 5.73 Å². The number of imidazole rings is 1. The van der Waals surface area contributed by atoms with Gasteiger partial charge in [0.25, 0.3) is 0 Å². The first-order valence-corrected chi connectivity index (χ1v) is 5.67. The Bertz CT molecular complexity index is 846. The normalized spacial score (nSPS) is 11.3. The zero-order chi connectivity index (χ0) is 15.3. The summed E-state index contributed by atoms with van der Waals surface area (Å²) in [5.74, 6) is -7.77. The second-order valence-electron chi connectivity index (χ2n) is 4.23. The third kappa shape index (κ3) is 1.83. The molecule has 2 aromatic carbocycles. The molecule has 3 rings (SSSR count). The van der Waals surface area contributed by atoms with E-state index < -0.39 is 40.7 Å². The minimum atomic E-state index is -1.65. The number of aromatic nitrogens is 2. The van der Waals surface area contributed by atoms with E-state index in [1.54, 1.807) is 0 Å². The Morgan fingerprint density at radius 2 is 1.52 bits per heavy atom. The molecule has 108 valence electrons. The number of para-hydroxylation sites is 1. The molecule has 0 bridgehead atoms. The molecule has 1 heterocycles. The average molecular weight is 299 g/mol. The van der Waals surface area contributed by atoms with Crippen molar-refractivity contribution >= 4 is 17.0 Å². The highest BCUT2D eigenvalue weighted by Gasteiger charge is 2.24. The number of fused-ring (bicyclic) bond motifs is 1. The number of nitrogens with two attached hydrogens (primary N) is 1. The molecule has 0 radical (unpaired) electrons. The fraction of sp³-hybridized carbons (Fsp3) is 0. The van der Waals surface area contributed by atoms with Gasteiger partial charge in [-0.05, 0) is 12.1 Å². The molecule has 0 saturated carbocycles. The van der Waals surface area contributed by atoms with Gasteiger partial charge in [-0.15, -0.1) is 0 Å². The molecule has 0 atom stereocenters. The SMILES string of the molecule is Nc1nc2c(F)cccc2n1-c1c(F)c(F)cc(F)c1F. The summed E-state index contributed by atoms with van der Waals surface area (Å²) in [7, 11) is 0. The van der Waals surface area contributed by atoms with E-state index in [1.807, 2.05) is 0 Å². The van der Waals surface area contributed by atoms with Crippen molar-refractivity contribution < 1.29 is 22.0 Å². The van der Waals surface area contributed by atoms with Crippen molar-refractivity contribution in [2.24, 2.45) is 0 Å². The number of nitrogen functional groups attached to an aromatic ring is 1. The Balaban J connectivity index is 2.47. The Morgan fingerprint density at radius 1 is 0.905 bits per heavy atom. The number of rotatable bonds is 1. The molecule has 0 fully saturated rings. The lowest BCUT2D eigenvalue weighted by Gasteiger charge is -2.10. The molecular weight excluding hydrogens is 293 g/mol. The molecule has 3 nitrogen and oxygen atoms in total. The third-order valence-corrected chi connectivity index (χ3v) is 2.97. The second kappa shape index (κ2) is 4.44. The highest BCUT2D eigenvalue weighted by Crippen LogP contribution is 2.30. The molecule has 0 aliphatic rings. The Labute approximate surface area is 114 Å². The van der Waals surface area contributed by atoms with Crippen LogP contribution in [0.4, 0.5) is 27.9 Å². The van der Waals surface area contributed by atoms with E-state index in [0.29, 0.717) is 4.57 Å². The van der Waals surface area contributed by atoms with Crippen molar-refractivity contribution in [1.82, 2.24) is 9.55 Å². The molecule has 1 aromatic heterocycles. The van der Waals surface area contributed by atoms with Crippen LogP contribution in [0.2, 0.25) is 0 Å². The van der Waals surface area contributed by atoms with Gasteiger partial charge in [0, 0.05) is 6.07 Å². The van der Waals surface area contributed by atoms with Crippen LogP contribution >= 0.6 is 0 Å². The first kappa shape index (κ1) is 13.3. The summed E-state index contributed by atoms with van der Waals surface area (Å²) < 4.78 is 68.5. The number of nitrogens with zero attached hydrogens (tertiary/aromatic N) is 2. The first-order chi connectivity index (χ1) is 9.91. The third-order valence-electron chi connectivity index (χ3n) is 2.97. The zero-order valence-electron chi connectivity index (χ0n) is 10.2. The van der Waals surface area contributed by atoms with Gasteiger partial charge < -0.3 is 5.73 Å². The second-order valence-corrected chi connectivity index (χ2v) is 4.23. The summed E-state index contributed by atoms with van der Waals surface area (Å²) in [4.78, 5) is 3.62. The zero-order valence-corrected chi connectivity index (χ0v) is 10.2. The van der Waals surface area contributed by atoms with E-state index in [2.05, 4.69) is 4.98 Å². The van der Waals surface area contributed by atoms with Crippen LogP contribution in [0.5, 0.6) is 0 Å². The van der Waals surface area contributed by atoms with Crippen LogP contribution < -0.4 is 5.73 Å². The van der Waals surface area contributed by atoms with Crippen molar-refractivity contribution in [3.8, 4) is 5.69 Å². The maximum Gasteiger partial charge on any atom is 0.206 e. The van der Waals surface area contributed by atoms with Gasteiger partial charge >= 0.3 is 0 Å². The smallest absolute Gasteiger partial charge is 0.206 e. The van der Waals surface area contributed by atoms with Gasteiger partial charge in [-0.2, -0.15) is 0 Å². The maximum absolute atomic E-state index is 13.8. The molecule has 2 N–H and O–H groups in total. The van der Waals surface area contributed by atoms with Crippen LogP contribution in [0.3, 0.4) is 0 Å². The lowest BCUT2D eigenvalue weighted by atomic mass is 10.2. The van der Waals surface area contributed by atoms with Crippen LogP contribution in [0.1, 0.15) is 0 Å². The van der Waals surface area contributed by atoms with Crippen molar-refractivity contribution in [2.45, 2.75) is 0 Å². The fourth-order valence-electron chi connectivity index (χ4n) is 2.07. The molecule has 0 aliphatic heterocycles. The number of hydrogen-bond donors (Lipinski definition) is 1. The highest BCUT2D eigenvalue weighted by atomic mass is 19.2. The van der Waals surface area contributed by atoms with Crippen molar-refractivity contribution in [3.05, 3.63) is 53.4 Å². The summed E-state index contributed by atoms with van der Waals surface area (Å²) in [6.07, 6.45) is 0. The fourth-order valence-corrected chi connectivity index (χ4v) is 2.07. The predicted octanol–water partition coefficient (Wildman–Crippen LogP) is 3.30. The van der Waals surface area contributed by atoms with Crippen LogP contribution in [-0.2, 0) is 0 Å². The van der Waals surface area contributed by atoms with E-state index in [-0.39, 0.29) is 17.1 Å². The topological polar surface area (TPSA) is 43.8 Å². The van der Waals surface area contributed by atoms with Gasteiger partial charge in [0.15, 0.2) is 29.1 Å². The molecule has 0 unspecified atom stereocenters. The molecule has 0 saturated heterocycles. The molecule has 0 amide bonds. The van der Waals surface area contributed by atoms with Gasteiger partial charge in [-0.1, -0.05) is 6.07 Å². The monoisotopic (exact) mass is 299 g/mol. The van der Waals surface area contributed by atoms with E-state index in [0.717, 1.165) is 6.07 Å². The lowest BCUT2D eigenvalue weighted by Crippen LogP contribution is -2.09. The van der Waals surface area contributed by atoms with Gasteiger partial charge in [0.2, 0.25) is 5.95 Å². The summed E-state index contributed by atoms with van der Waals surface area (Å²) in [6.45, 7) is 0. The minimum absolute atomic E-state index is 0.0735. The molecule has 3 aromatic rings. The number of halogens is 5. The quantitative estimate of drug-likeness (QED) is 0.553. The van der Waals surface area contributed by atoms with E-state index in [4.69, 9.17) is 5.73 Å². The Kier molecular flexibility index (Phi) is 2.82. The molecular formula is C13H6F5N3. The van der Waals surface area contributed by atoms with Gasteiger partial charge in [0.05, 0.1) is 5.52 Å². The summed E-state index contributed by atoms with van der Waals surface area (Å²) in [5.41, 5.74) is 4.03. The summed E-state index contributed by atoms with van der Waals surface area (Å²) >= 11 is 0. The standard InChI is InChI=1S/C13H6F5N3/c14-5-2-1-3-8-11(5)20-13(19)21(8)12-9(17)6(15)4-7(16)10(12)18/h1-4H,(H2,19,20). The summed E-state index contributed by atoms with van der Waals surface area (Å²) in [6, 6.07) is 3.66. The highest BCUT2D eigenvalue weighted by molar-refractivity contribution is 5.81. The number of hydrogen-bond acceptors (Lipinski definition) is 2. The van der Waals surface area contributed by atoms with Gasteiger partial charge in [-0.25, -0.2) is 26.9 Å². The van der Waals surface area contributed by atoms with Crippen molar-refractivity contribution in [1.29, 1.82) is 0 Å². The van der Waals surface area contributed by atoms with Crippen LogP contribution in [0.15, 0.2) is 24.3 Å². The Hall–Kier alpha value is -2.64. The Morgan fingerprint density at radius 3 is 2.14 bits per heavy atom. The summed E-state index contributed by atoms with van der Waals surface area (Å²) in [5, 5.41) is 0. The van der Waals surface area contributed by atoms with Crippen LogP contribution in [-0.4, -0.2) is 9.55 Å². The largest absolute Gasteiger partial charge is 0.369 e. The average Bonchev–Trinajstić information content (AvgIpc) is 2.76. The van der Waals surface area contributed by atoms with Crippen LogP contribution in [0, 0.1) is 29.1 Å². The van der Waals surface area contributed by atoms with Gasteiger partial charge in [-0.3, -0.25) is 4.57 Å². The van der Waals surface area contributed by atoms with Crippen LogP contribution in [0.25, 0.3) is 16.7 Å². The molecule has 8 heteroatoms. The molecule has 21 heavy (non-hydrogen) atoms. The minimum Gasteiger partial charge on any atom is -0.369 e. The van der Waals surface area contributed by atoms with Crippen molar-refractivity contribution in [3.63, 3.8) is 0 Å². The number of benzene rings is 2. The van der Waals surface area contributed by atoms with E-state index in [9.17, 15) is 22.0 Å². The van der Waals surface area contributed by atoms with E-state index in [1.165, 1.54) is 12.1 Å². The molecule has 0 spiro atoms. The first-order valence-electron chi connectivity index (χ1n) is 5.67. The van der Waals surface area contributed by atoms with E-state index >= 15 is 0 Å². The lowest BCUT2D eigenvalue weighted by molar-refractivity contribution is 0.449. The van der Waals surface area contributed by atoms with Gasteiger partial charge in [0.1, 0.15) is 11.2 Å². The number of anilines is 1. The maximum atomic E-state index is 13.8. The molecule has 0 aliphatic carbocycles. The predicted molar refractivity (Wildman–Crippen MR) is 65.3 cm³/mol.